The summed E-state index contributed by atoms with van der Waals surface area (Å²) in [4.78, 5) is 2.30. The third-order valence-corrected chi connectivity index (χ3v) is 12.3. The van der Waals surface area contributed by atoms with E-state index in [2.05, 4.69) is 217 Å². The molecule has 11 rings (SSSR count). The molecule has 0 saturated carbocycles. The number of anilines is 3. The Bertz CT molecular complexity index is 2700. The average molecular weight is 727 g/mol. The van der Waals surface area contributed by atoms with Gasteiger partial charge in [-0.05, 0) is 103 Å². The van der Waals surface area contributed by atoms with Gasteiger partial charge in [-0.1, -0.05) is 200 Å². The molecule has 0 atom stereocenters. The number of rotatable bonds is 7. The first-order valence-electron chi connectivity index (χ1n) is 20.3. The van der Waals surface area contributed by atoms with Crippen molar-refractivity contribution in [3.05, 3.63) is 281 Å². The van der Waals surface area contributed by atoms with Gasteiger partial charge in [0, 0.05) is 17.1 Å². The summed E-state index contributed by atoms with van der Waals surface area (Å²) in [7, 11) is 0. The van der Waals surface area contributed by atoms with Crippen LogP contribution in [0.5, 0.6) is 0 Å². The van der Waals surface area contributed by atoms with Gasteiger partial charge < -0.3 is 4.90 Å². The maximum absolute atomic E-state index is 9.37. The highest BCUT2D eigenvalue weighted by Gasteiger charge is 2.48. The second kappa shape index (κ2) is 13.2. The Morgan fingerprint density at radius 2 is 0.614 bits per heavy atom. The zero-order valence-electron chi connectivity index (χ0n) is 32.4. The van der Waals surface area contributed by atoms with Crippen molar-refractivity contribution in [3.63, 3.8) is 0 Å². The van der Waals surface area contributed by atoms with Crippen LogP contribution in [-0.2, 0) is 10.8 Å². The van der Waals surface area contributed by atoms with Crippen molar-refractivity contribution < 1.29 is 1.37 Å². The molecule has 2 aliphatic carbocycles. The Labute approximate surface area is 336 Å². The lowest BCUT2D eigenvalue weighted by Crippen LogP contribution is -2.29. The Morgan fingerprint density at radius 3 is 1.02 bits per heavy atom. The number of benzene rings is 9. The van der Waals surface area contributed by atoms with Gasteiger partial charge in [0.05, 0.1) is 12.2 Å². The molecule has 1 heteroatoms. The molecule has 57 heavy (non-hydrogen) atoms. The summed E-state index contributed by atoms with van der Waals surface area (Å²) in [6.45, 7) is 0. The number of para-hydroxylation sites is 1. The molecule has 0 N–H and O–H groups in total. The summed E-state index contributed by atoms with van der Waals surface area (Å²) in [6.07, 6.45) is 0. The smallest absolute Gasteiger partial charge is 0.0714 e. The third-order valence-electron chi connectivity index (χ3n) is 12.3. The van der Waals surface area contributed by atoms with Crippen molar-refractivity contribution in [1.29, 1.82) is 0 Å². The standard InChI is InChI=1S/C56H39N/c1-6-20-40(21-7-1)55(41-22-8-2-9-23-41)51-32-18-16-30-47(51)49-36-34-45(38-53(49)55)57(44-28-14-5-15-29-44)46-35-37-50-48-31-17-19-33-52(48)56(54(50)39-46,42-24-10-3-11-25-42)43-26-12-4-13-27-43/h1-39H/i28D. The van der Waals surface area contributed by atoms with Gasteiger partial charge in [0.2, 0.25) is 0 Å². The highest BCUT2D eigenvalue weighted by molar-refractivity contribution is 5.92. The Balaban J connectivity index is 1.20. The normalized spacial score (nSPS) is 14.1. The van der Waals surface area contributed by atoms with Crippen molar-refractivity contribution in [3.8, 4) is 22.3 Å². The van der Waals surface area contributed by atoms with Gasteiger partial charge in [-0.25, -0.2) is 0 Å². The maximum Gasteiger partial charge on any atom is 0.0714 e. The highest BCUT2D eigenvalue weighted by atomic mass is 15.1. The van der Waals surface area contributed by atoms with Gasteiger partial charge >= 0.3 is 0 Å². The van der Waals surface area contributed by atoms with Gasteiger partial charge in [-0.3, -0.25) is 0 Å². The predicted molar refractivity (Wildman–Crippen MR) is 236 cm³/mol. The minimum absolute atomic E-state index is 0.463. The minimum Gasteiger partial charge on any atom is -0.310 e. The van der Waals surface area contributed by atoms with Crippen LogP contribution in [0.4, 0.5) is 17.1 Å². The minimum atomic E-state index is -0.550. The van der Waals surface area contributed by atoms with Gasteiger partial charge in [0.25, 0.3) is 0 Å². The first-order chi connectivity index (χ1) is 28.7. The topological polar surface area (TPSA) is 3.24 Å². The van der Waals surface area contributed by atoms with E-state index in [9.17, 15) is 1.37 Å². The summed E-state index contributed by atoms with van der Waals surface area (Å²) in [6, 6.07) is 83.9. The molecule has 9 aromatic carbocycles. The van der Waals surface area contributed by atoms with Crippen molar-refractivity contribution in [2.24, 2.45) is 0 Å². The van der Waals surface area contributed by atoms with Crippen molar-refractivity contribution >= 4 is 17.1 Å². The lowest BCUT2D eigenvalue weighted by atomic mass is 9.67. The number of hydrogen-bond donors (Lipinski definition) is 0. The fourth-order valence-electron chi connectivity index (χ4n) is 10.1. The lowest BCUT2D eigenvalue weighted by molar-refractivity contribution is 0.767. The fourth-order valence-corrected chi connectivity index (χ4v) is 10.1. The Kier molecular flexibility index (Phi) is 7.44. The molecule has 0 unspecified atom stereocenters. The summed E-state index contributed by atoms with van der Waals surface area (Å²) in [5.41, 5.74) is 16.6. The monoisotopic (exact) mass is 726 g/mol. The second-order valence-electron chi connectivity index (χ2n) is 15.1. The first-order valence-corrected chi connectivity index (χ1v) is 19.8. The molecule has 0 saturated heterocycles. The van der Waals surface area contributed by atoms with Gasteiger partial charge in [0.15, 0.2) is 0 Å². The summed E-state index contributed by atoms with van der Waals surface area (Å²) >= 11 is 0. The molecule has 0 radical (unpaired) electrons. The Hall–Kier alpha value is -7.22. The zero-order chi connectivity index (χ0) is 38.7. The van der Waals surface area contributed by atoms with Crippen LogP contribution in [0, 0.1) is 0 Å². The van der Waals surface area contributed by atoms with E-state index in [-0.39, 0.29) is 0 Å². The molecule has 0 bridgehead atoms. The highest BCUT2D eigenvalue weighted by Crippen LogP contribution is 2.59. The van der Waals surface area contributed by atoms with E-state index in [1.165, 1.54) is 66.8 Å². The maximum atomic E-state index is 9.37. The van der Waals surface area contributed by atoms with E-state index < -0.39 is 10.8 Å². The van der Waals surface area contributed by atoms with Crippen LogP contribution in [0.2, 0.25) is 0 Å². The molecule has 1 nitrogen and oxygen atoms in total. The van der Waals surface area contributed by atoms with Crippen LogP contribution in [0.3, 0.4) is 0 Å². The zero-order valence-corrected chi connectivity index (χ0v) is 31.4. The molecule has 0 fully saturated rings. The number of nitrogens with zero attached hydrogens (tertiary/aromatic N) is 1. The van der Waals surface area contributed by atoms with Crippen LogP contribution in [0.1, 0.15) is 45.9 Å². The van der Waals surface area contributed by atoms with Crippen molar-refractivity contribution in [2.45, 2.75) is 10.8 Å². The quantitative estimate of drug-likeness (QED) is 0.158. The molecule has 0 aliphatic heterocycles. The molecule has 0 amide bonds. The average Bonchev–Trinajstić information content (AvgIpc) is 3.76. The molecule has 0 spiro atoms. The molecule has 2 aliphatic rings. The third kappa shape index (κ3) is 4.82. The van der Waals surface area contributed by atoms with Gasteiger partial charge in [-0.2, -0.15) is 0 Å². The van der Waals surface area contributed by atoms with Crippen LogP contribution < -0.4 is 4.90 Å². The first kappa shape index (κ1) is 32.1. The van der Waals surface area contributed by atoms with Gasteiger partial charge in [-0.15, -0.1) is 0 Å². The summed E-state index contributed by atoms with van der Waals surface area (Å²) in [5, 5.41) is 0. The molecule has 0 aromatic heterocycles. The van der Waals surface area contributed by atoms with Crippen LogP contribution in [-0.4, -0.2) is 0 Å². The van der Waals surface area contributed by atoms with Crippen molar-refractivity contribution in [1.82, 2.24) is 0 Å². The van der Waals surface area contributed by atoms with Crippen LogP contribution in [0.15, 0.2) is 237 Å². The van der Waals surface area contributed by atoms with Gasteiger partial charge in [0.1, 0.15) is 0 Å². The van der Waals surface area contributed by atoms with E-state index in [1.54, 1.807) is 0 Å². The van der Waals surface area contributed by atoms with E-state index in [0.29, 0.717) is 6.04 Å². The molecular weight excluding hydrogens is 687 g/mol. The lowest BCUT2D eigenvalue weighted by Gasteiger charge is -2.36. The van der Waals surface area contributed by atoms with E-state index in [1.807, 2.05) is 18.2 Å². The van der Waals surface area contributed by atoms with Crippen LogP contribution in [0.25, 0.3) is 22.3 Å². The van der Waals surface area contributed by atoms with Crippen molar-refractivity contribution in [2.75, 3.05) is 4.90 Å². The number of fused-ring (bicyclic) bond motifs is 6. The molecule has 268 valence electrons. The van der Waals surface area contributed by atoms with Crippen LogP contribution >= 0.6 is 0 Å². The number of hydrogen-bond acceptors (Lipinski definition) is 1. The van der Waals surface area contributed by atoms with E-state index in [0.717, 1.165) is 17.1 Å². The fraction of sp³-hybridized carbons (Fsp3) is 0.0357. The van der Waals surface area contributed by atoms with E-state index >= 15 is 0 Å². The predicted octanol–water partition coefficient (Wildman–Crippen LogP) is 13.9. The van der Waals surface area contributed by atoms with E-state index in [4.69, 9.17) is 0 Å². The molecular formula is C56H39N. The summed E-state index contributed by atoms with van der Waals surface area (Å²) < 4.78 is 9.37. The SMILES string of the molecule is [2H]c1ccccc1N(c1ccc2c(c1)C(c1ccccc1)(c1ccccc1)c1ccccc1-2)c1ccc2c(c1)C(c1ccccc1)(c1ccccc1)c1ccccc1-2. The summed E-state index contributed by atoms with van der Waals surface area (Å²) in [5.74, 6) is 0. The molecule has 9 aromatic rings. The largest absolute Gasteiger partial charge is 0.310 e. The second-order valence-corrected chi connectivity index (χ2v) is 15.1. The Morgan fingerprint density at radius 1 is 0.281 bits per heavy atom. The molecule has 0 heterocycles.